The van der Waals surface area contributed by atoms with E-state index >= 15 is 0 Å². The van der Waals surface area contributed by atoms with Crippen molar-refractivity contribution in [3.05, 3.63) is 47.8 Å². The van der Waals surface area contributed by atoms with Crippen LogP contribution in [0.3, 0.4) is 0 Å². The van der Waals surface area contributed by atoms with E-state index in [1.165, 1.54) is 11.1 Å². The number of aromatic amines is 1. The summed E-state index contributed by atoms with van der Waals surface area (Å²) in [6.45, 7) is 7.18. The Kier molecular flexibility index (Phi) is 5.18. The first-order valence-corrected chi connectivity index (χ1v) is 7.18. The number of H-pyrrole nitrogens is 1. The van der Waals surface area contributed by atoms with Gasteiger partial charge in [-0.25, -0.2) is 0 Å². The smallest absolute Gasteiger partial charge is 0.119 e. The number of hydrogen-bond donors (Lipinski definition) is 2. The van der Waals surface area contributed by atoms with Gasteiger partial charge in [-0.1, -0.05) is 19.1 Å². The van der Waals surface area contributed by atoms with E-state index in [0.29, 0.717) is 0 Å². The molecule has 1 aromatic carbocycles. The van der Waals surface area contributed by atoms with Crippen LogP contribution in [0.15, 0.2) is 36.7 Å². The van der Waals surface area contributed by atoms with Crippen LogP contribution in [0.25, 0.3) is 0 Å². The first-order valence-electron chi connectivity index (χ1n) is 7.18. The third-order valence-corrected chi connectivity index (χ3v) is 3.37. The number of ether oxygens (including phenoxy) is 1. The lowest BCUT2D eigenvalue weighted by atomic mass is 10.1. The Morgan fingerprint density at radius 3 is 2.45 bits per heavy atom. The average Bonchev–Trinajstić information content (AvgIpc) is 3.00. The zero-order valence-electron chi connectivity index (χ0n) is 12.4. The largest absolute Gasteiger partial charge is 0.494 e. The lowest BCUT2D eigenvalue weighted by Gasteiger charge is -2.19. The monoisotopic (exact) mass is 273 g/mol. The molecule has 2 N–H and O–H groups in total. The average molecular weight is 273 g/mol. The second kappa shape index (κ2) is 7.10. The normalized spacial score (nSPS) is 13.9. The van der Waals surface area contributed by atoms with Crippen LogP contribution < -0.4 is 10.1 Å². The van der Waals surface area contributed by atoms with Crippen molar-refractivity contribution in [2.45, 2.75) is 39.3 Å². The first kappa shape index (κ1) is 14.6. The van der Waals surface area contributed by atoms with Crippen molar-refractivity contribution in [1.82, 2.24) is 15.5 Å². The summed E-state index contributed by atoms with van der Waals surface area (Å²) in [5, 5.41) is 10.4. The summed E-state index contributed by atoms with van der Waals surface area (Å²) in [7, 11) is 0. The van der Waals surface area contributed by atoms with Crippen LogP contribution in [0.5, 0.6) is 5.75 Å². The molecule has 2 atom stereocenters. The summed E-state index contributed by atoms with van der Waals surface area (Å²) < 4.78 is 5.60. The van der Waals surface area contributed by atoms with Crippen LogP contribution in [0, 0.1) is 0 Å². The van der Waals surface area contributed by atoms with Gasteiger partial charge in [-0.05, 0) is 38.0 Å². The van der Waals surface area contributed by atoms with Gasteiger partial charge in [0, 0.05) is 23.8 Å². The van der Waals surface area contributed by atoms with Crippen LogP contribution in [-0.4, -0.2) is 16.8 Å². The molecule has 0 saturated carbocycles. The predicted molar refractivity (Wildman–Crippen MR) is 80.8 cm³/mol. The van der Waals surface area contributed by atoms with E-state index in [2.05, 4.69) is 48.4 Å². The maximum absolute atomic E-state index is 5.60. The maximum Gasteiger partial charge on any atom is 0.119 e. The second-order valence-electron chi connectivity index (χ2n) is 5.06. The van der Waals surface area contributed by atoms with Crippen LogP contribution >= 0.6 is 0 Å². The minimum absolute atomic E-state index is 0.264. The predicted octanol–water partition coefficient (Wildman–Crippen LogP) is 3.61. The van der Waals surface area contributed by atoms with E-state index in [0.717, 1.165) is 18.8 Å². The maximum atomic E-state index is 5.60. The number of nitrogens with one attached hydrogen (secondary N) is 2. The molecule has 0 saturated heterocycles. The molecule has 1 aromatic heterocycles. The summed E-state index contributed by atoms with van der Waals surface area (Å²) in [4.78, 5) is 0. The molecule has 2 aromatic rings. The van der Waals surface area contributed by atoms with E-state index < -0.39 is 0 Å². The number of hydrogen-bond acceptors (Lipinski definition) is 3. The number of rotatable bonds is 7. The van der Waals surface area contributed by atoms with E-state index in [-0.39, 0.29) is 12.1 Å². The van der Waals surface area contributed by atoms with Crippen molar-refractivity contribution < 1.29 is 4.74 Å². The highest BCUT2D eigenvalue weighted by Crippen LogP contribution is 2.21. The molecule has 0 aliphatic rings. The van der Waals surface area contributed by atoms with Crippen molar-refractivity contribution >= 4 is 0 Å². The molecule has 0 bridgehead atoms. The molecule has 2 rings (SSSR count). The van der Waals surface area contributed by atoms with Gasteiger partial charge in [0.15, 0.2) is 0 Å². The lowest BCUT2D eigenvalue weighted by Crippen LogP contribution is -2.22. The van der Waals surface area contributed by atoms with Gasteiger partial charge >= 0.3 is 0 Å². The Bertz CT molecular complexity index is 493. The number of aromatic nitrogens is 2. The Balaban J connectivity index is 1.93. The first-order chi connectivity index (χ1) is 9.70. The zero-order chi connectivity index (χ0) is 14.4. The summed E-state index contributed by atoms with van der Waals surface area (Å²) in [6, 6.07) is 8.84. The van der Waals surface area contributed by atoms with Crippen molar-refractivity contribution in [3.8, 4) is 5.75 Å². The fourth-order valence-corrected chi connectivity index (χ4v) is 2.14. The minimum atomic E-state index is 0.264. The molecule has 108 valence electrons. The highest BCUT2D eigenvalue weighted by atomic mass is 16.5. The molecule has 0 radical (unpaired) electrons. The van der Waals surface area contributed by atoms with Gasteiger partial charge in [-0.15, -0.1) is 0 Å². The van der Waals surface area contributed by atoms with Gasteiger partial charge in [0.05, 0.1) is 12.8 Å². The van der Waals surface area contributed by atoms with Crippen molar-refractivity contribution in [1.29, 1.82) is 0 Å². The Morgan fingerprint density at radius 2 is 1.85 bits per heavy atom. The fourth-order valence-electron chi connectivity index (χ4n) is 2.14. The van der Waals surface area contributed by atoms with E-state index in [9.17, 15) is 0 Å². The molecule has 0 fully saturated rings. The zero-order valence-corrected chi connectivity index (χ0v) is 12.4. The highest BCUT2D eigenvalue weighted by molar-refractivity contribution is 5.29. The molecule has 0 spiro atoms. The third-order valence-electron chi connectivity index (χ3n) is 3.37. The Hall–Kier alpha value is -1.81. The highest BCUT2D eigenvalue weighted by Gasteiger charge is 2.11. The fraction of sp³-hybridized carbons (Fsp3) is 0.438. The lowest BCUT2D eigenvalue weighted by molar-refractivity contribution is 0.317. The van der Waals surface area contributed by atoms with E-state index in [1.54, 1.807) is 0 Å². The van der Waals surface area contributed by atoms with Gasteiger partial charge in [0.2, 0.25) is 0 Å². The van der Waals surface area contributed by atoms with E-state index in [4.69, 9.17) is 4.74 Å². The standard InChI is InChI=1S/C16H23N3O/c1-4-9-20-16-7-5-14(6-8-16)12(2)19-13(3)15-10-17-18-11-15/h5-8,10-13,19H,4,9H2,1-3H3,(H,17,18). The van der Waals surface area contributed by atoms with Crippen molar-refractivity contribution in [2.24, 2.45) is 0 Å². The van der Waals surface area contributed by atoms with Crippen LogP contribution in [0.4, 0.5) is 0 Å². The topological polar surface area (TPSA) is 49.9 Å². The molecular weight excluding hydrogens is 250 g/mol. The van der Waals surface area contributed by atoms with Gasteiger partial charge in [0.25, 0.3) is 0 Å². The number of nitrogens with zero attached hydrogens (tertiary/aromatic N) is 1. The van der Waals surface area contributed by atoms with Gasteiger partial charge in [-0.3, -0.25) is 5.10 Å². The quantitative estimate of drug-likeness (QED) is 0.810. The Labute approximate surface area is 120 Å². The van der Waals surface area contributed by atoms with E-state index in [1.807, 2.05) is 24.5 Å². The molecule has 4 nitrogen and oxygen atoms in total. The van der Waals surface area contributed by atoms with Gasteiger partial charge in [-0.2, -0.15) is 5.10 Å². The molecule has 0 aliphatic carbocycles. The SMILES string of the molecule is CCCOc1ccc(C(C)NC(C)c2cn[nH]c2)cc1. The minimum Gasteiger partial charge on any atom is -0.494 e. The molecule has 0 amide bonds. The summed E-state index contributed by atoms with van der Waals surface area (Å²) in [5.41, 5.74) is 2.42. The third kappa shape index (κ3) is 3.84. The molecule has 4 heteroatoms. The van der Waals surface area contributed by atoms with Crippen molar-refractivity contribution in [3.63, 3.8) is 0 Å². The summed E-state index contributed by atoms with van der Waals surface area (Å²) in [5.74, 6) is 0.936. The molecule has 2 unspecified atom stereocenters. The van der Waals surface area contributed by atoms with Crippen LogP contribution in [0.1, 0.15) is 50.4 Å². The molecular formula is C16H23N3O. The number of benzene rings is 1. The van der Waals surface area contributed by atoms with Gasteiger partial charge < -0.3 is 10.1 Å². The second-order valence-corrected chi connectivity index (χ2v) is 5.06. The van der Waals surface area contributed by atoms with Gasteiger partial charge in [0.1, 0.15) is 5.75 Å². The Morgan fingerprint density at radius 1 is 1.15 bits per heavy atom. The molecule has 1 heterocycles. The van der Waals surface area contributed by atoms with Crippen molar-refractivity contribution in [2.75, 3.05) is 6.61 Å². The molecule has 20 heavy (non-hydrogen) atoms. The summed E-state index contributed by atoms with van der Waals surface area (Å²) >= 11 is 0. The molecule has 0 aliphatic heterocycles. The van der Waals surface area contributed by atoms with Crippen LogP contribution in [-0.2, 0) is 0 Å². The summed E-state index contributed by atoms with van der Waals surface area (Å²) in [6.07, 6.45) is 4.81. The van der Waals surface area contributed by atoms with Crippen LogP contribution in [0.2, 0.25) is 0 Å².